The summed E-state index contributed by atoms with van der Waals surface area (Å²) in [7, 11) is -2.39. The summed E-state index contributed by atoms with van der Waals surface area (Å²) in [5.41, 5.74) is 1.69. The molecule has 18 heteroatoms. The van der Waals surface area contributed by atoms with Gasteiger partial charge in [0.2, 0.25) is 21.8 Å². The lowest BCUT2D eigenvalue weighted by Crippen LogP contribution is -2.58. The number of carbonyl (C=O) groups excluding carboxylic acids is 4. The first kappa shape index (κ1) is 46.1. The van der Waals surface area contributed by atoms with E-state index in [9.17, 15) is 27.6 Å². The van der Waals surface area contributed by atoms with Crippen LogP contribution in [0.25, 0.3) is 32.9 Å². The molecular formula is C47H59N7O9S2. The second-order valence-electron chi connectivity index (χ2n) is 19.2. The third-order valence-electron chi connectivity index (χ3n) is 12.8. The number of para-hydroxylation sites is 1. The molecule has 2 saturated carbocycles. The predicted molar refractivity (Wildman–Crippen MR) is 247 cm³/mol. The van der Waals surface area contributed by atoms with E-state index in [0.29, 0.717) is 43.6 Å². The van der Waals surface area contributed by atoms with Crippen LogP contribution in [0.4, 0.5) is 4.79 Å². The summed E-state index contributed by atoms with van der Waals surface area (Å²) in [5, 5.41) is 8.48. The molecule has 0 bridgehead atoms. The van der Waals surface area contributed by atoms with Gasteiger partial charge >= 0.3 is 6.09 Å². The molecule has 5 atom stereocenters. The molecule has 4 aliphatic rings. The number of rotatable bonds is 10. The molecule has 1 saturated heterocycles. The number of benzene rings is 2. The number of sulfonamides is 1. The highest BCUT2D eigenvalue weighted by atomic mass is 32.2. The van der Waals surface area contributed by atoms with Gasteiger partial charge in [-0.3, -0.25) is 23.7 Å². The largest absolute Gasteiger partial charge is 0.497 e. The Hall–Kier alpha value is -5.49. The smallest absolute Gasteiger partial charge is 0.408 e. The Bertz CT molecular complexity index is 2610. The molecule has 2 aromatic heterocycles. The summed E-state index contributed by atoms with van der Waals surface area (Å²) < 4.78 is 47.4. The van der Waals surface area contributed by atoms with E-state index in [-0.39, 0.29) is 25.4 Å². The van der Waals surface area contributed by atoms with Crippen LogP contribution in [0.1, 0.15) is 105 Å². The zero-order chi connectivity index (χ0) is 46.5. The van der Waals surface area contributed by atoms with E-state index in [1.807, 2.05) is 78.4 Å². The third-order valence-corrected chi connectivity index (χ3v) is 15.8. The van der Waals surface area contributed by atoms with Crippen LogP contribution in [-0.2, 0) is 29.1 Å². The van der Waals surface area contributed by atoms with Gasteiger partial charge in [0, 0.05) is 34.9 Å². The van der Waals surface area contributed by atoms with Crippen molar-refractivity contribution in [3.8, 4) is 33.6 Å². The number of alkyl carbamates (subject to hydrolysis) is 1. The zero-order valence-electron chi connectivity index (χ0n) is 38.0. The molecule has 2 aliphatic heterocycles. The number of imidazole rings is 1. The maximum Gasteiger partial charge on any atom is 0.408 e. The normalized spacial score (nSPS) is 25.1. The molecule has 4 heterocycles. The summed E-state index contributed by atoms with van der Waals surface area (Å²) in [4.78, 5) is 68.2. The van der Waals surface area contributed by atoms with E-state index >= 15 is 0 Å². The van der Waals surface area contributed by atoms with Crippen molar-refractivity contribution < 1.29 is 41.8 Å². The molecule has 3 fully saturated rings. The predicted octanol–water partition coefficient (Wildman–Crippen LogP) is 7.05. The number of fused-ring (bicyclic) bond motifs is 3. The van der Waals surface area contributed by atoms with Crippen molar-refractivity contribution in [3.05, 3.63) is 60.0 Å². The number of methoxy groups -OCH3 is 1. The van der Waals surface area contributed by atoms with Gasteiger partial charge in [-0.05, 0) is 116 Å². The van der Waals surface area contributed by atoms with Gasteiger partial charge in [-0.2, -0.15) is 4.98 Å². The molecule has 0 radical (unpaired) electrons. The van der Waals surface area contributed by atoms with Crippen LogP contribution in [0.3, 0.4) is 0 Å². The average molecular weight is 930 g/mol. The number of aromatic nitrogens is 3. The second kappa shape index (κ2) is 17.7. The first-order chi connectivity index (χ1) is 30.8. The molecule has 3 N–H and O–H groups in total. The van der Waals surface area contributed by atoms with Crippen LogP contribution in [0.5, 0.6) is 11.8 Å². The monoisotopic (exact) mass is 929 g/mol. The standard InChI is InChI=1S/C47H59N7O9S2/c1-28(2)54-36-17-13-15-33(40-48-35(27-64-40)29-18-20-31(61-7)21-19-29)38(36)50-43(54)62-32-24-37-39(55)51-47(42(57)52-65(59,60)46(6)22-23-46)25-30(47)14-11-9-8-10-12-16-34(41(56)53(37)26-32)49-44(58)63-45(3,4)5/h11,13-15,17-21,27-28,30,32,34,37H,8-10,12,16,22-26H2,1-7H3,(H,49,58)(H,51,55)(H,52,57)/b14-11-/t30-,32+,34-,37-,47+/m0/s1. The minimum Gasteiger partial charge on any atom is -0.497 e. The maximum absolute atomic E-state index is 14.8. The molecule has 4 aromatic rings. The van der Waals surface area contributed by atoms with Crippen molar-refractivity contribution in [2.75, 3.05) is 13.7 Å². The van der Waals surface area contributed by atoms with E-state index < -0.39 is 73.8 Å². The number of nitrogens with zero attached hydrogens (tertiary/aromatic N) is 4. The van der Waals surface area contributed by atoms with Crippen LogP contribution < -0.4 is 24.8 Å². The van der Waals surface area contributed by atoms with Crippen molar-refractivity contribution >= 4 is 56.2 Å². The van der Waals surface area contributed by atoms with Gasteiger partial charge in [0.05, 0.1) is 29.6 Å². The van der Waals surface area contributed by atoms with Crippen LogP contribution in [0.2, 0.25) is 0 Å². The number of hydrogen-bond donors (Lipinski definition) is 3. The van der Waals surface area contributed by atoms with Gasteiger partial charge in [-0.1, -0.05) is 31.1 Å². The van der Waals surface area contributed by atoms with Crippen LogP contribution in [-0.4, -0.2) is 99.4 Å². The Labute approximate surface area is 383 Å². The first-order valence-corrected chi connectivity index (χ1v) is 24.8. The van der Waals surface area contributed by atoms with E-state index in [1.54, 1.807) is 34.8 Å². The second-order valence-corrected chi connectivity index (χ2v) is 22.3. The van der Waals surface area contributed by atoms with Crippen molar-refractivity contribution in [1.29, 1.82) is 0 Å². The summed E-state index contributed by atoms with van der Waals surface area (Å²) in [5.74, 6) is -1.64. The van der Waals surface area contributed by atoms with E-state index in [1.165, 1.54) is 16.2 Å². The molecule has 2 aliphatic carbocycles. The van der Waals surface area contributed by atoms with E-state index in [4.69, 9.17) is 24.2 Å². The first-order valence-electron chi connectivity index (χ1n) is 22.4. The molecule has 0 unspecified atom stereocenters. The van der Waals surface area contributed by atoms with Crippen molar-refractivity contribution in [3.63, 3.8) is 0 Å². The number of amides is 4. The van der Waals surface area contributed by atoms with Gasteiger partial charge in [0.1, 0.15) is 45.6 Å². The Morgan fingerprint density at radius 3 is 2.48 bits per heavy atom. The van der Waals surface area contributed by atoms with Gasteiger partial charge in [-0.25, -0.2) is 18.2 Å². The Morgan fingerprint density at radius 1 is 1.03 bits per heavy atom. The summed E-state index contributed by atoms with van der Waals surface area (Å²) >= 11 is 1.50. The van der Waals surface area contributed by atoms with Crippen molar-refractivity contribution in [2.45, 2.75) is 139 Å². The average Bonchev–Trinajstić information content (AvgIpc) is 3.92. The molecule has 348 valence electrons. The minimum atomic E-state index is -4.02. The Kier molecular flexibility index (Phi) is 12.6. The van der Waals surface area contributed by atoms with Crippen LogP contribution in [0, 0.1) is 5.92 Å². The Morgan fingerprint density at radius 2 is 1.78 bits per heavy atom. The summed E-state index contributed by atoms with van der Waals surface area (Å²) in [6.07, 6.45) is 6.52. The molecule has 2 aromatic carbocycles. The van der Waals surface area contributed by atoms with Gasteiger partial charge in [0.25, 0.3) is 11.9 Å². The lowest BCUT2D eigenvalue weighted by atomic mass is 10.0. The minimum absolute atomic E-state index is 0.0250. The molecule has 4 amide bonds. The molecule has 0 spiro atoms. The fourth-order valence-electron chi connectivity index (χ4n) is 8.69. The lowest BCUT2D eigenvalue weighted by Gasteiger charge is -2.30. The molecular weight excluding hydrogens is 871 g/mol. The molecule has 16 nitrogen and oxygen atoms in total. The Balaban J connectivity index is 1.12. The SMILES string of the molecule is COc1ccc(-c2csc(-c3cccc4c3nc(O[C@@H]3C[C@H]5C(=O)N[C@]6(C(=O)NS(=O)(=O)C7(C)CC7)C[C@@H]6/C=C\CCCCC[C@H](NC(=O)OC(C)(C)C)C(=O)N5C3)n4C(C)C)n2)cc1. The van der Waals surface area contributed by atoms with Crippen LogP contribution >= 0.6 is 11.3 Å². The third kappa shape index (κ3) is 9.60. The van der Waals surface area contributed by atoms with Gasteiger partial charge < -0.3 is 29.7 Å². The summed E-state index contributed by atoms with van der Waals surface area (Å²) in [6, 6.07) is 11.6. The number of allylic oxidation sites excluding steroid dienone is 1. The topological polar surface area (TPSA) is 200 Å². The highest BCUT2D eigenvalue weighted by Crippen LogP contribution is 2.48. The number of carbonyl (C=O) groups is 4. The lowest BCUT2D eigenvalue weighted by molar-refractivity contribution is -0.141. The quantitative estimate of drug-likeness (QED) is 0.138. The fourth-order valence-corrected chi connectivity index (χ4v) is 10.9. The summed E-state index contributed by atoms with van der Waals surface area (Å²) in [6.45, 7) is 10.8. The molecule has 65 heavy (non-hydrogen) atoms. The number of hydrogen-bond acceptors (Lipinski definition) is 12. The number of ether oxygens (including phenoxy) is 3. The van der Waals surface area contributed by atoms with Crippen molar-refractivity contribution in [2.24, 2.45) is 5.92 Å². The van der Waals surface area contributed by atoms with E-state index in [0.717, 1.165) is 45.9 Å². The number of thiazole rings is 1. The molecule has 8 rings (SSSR count). The maximum atomic E-state index is 14.8. The van der Waals surface area contributed by atoms with E-state index in [2.05, 4.69) is 15.4 Å². The van der Waals surface area contributed by atoms with Crippen molar-refractivity contribution in [1.82, 2.24) is 34.8 Å². The highest BCUT2D eigenvalue weighted by molar-refractivity contribution is 7.91. The zero-order valence-corrected chi connectivity index (χ0v) is 39.6. The number of nitrogens with one attached hydrogen (secondary N) is 3. The highest BCUT2D eigenvalue weighted by Gasteiger charge is 2.63. The van der Waals surface area contributed by atoms with Gasteiger partial charge in [-0.15, -0.1) is 11.3 Å². The fraction of sp³-hybridized carbons (Fsp3) is 0.532. The van der Waals surface area contributed by atoms with Gasteiger partial charge in [0.15, 0.2) is 0 Å². The van der Waals surface area contributed by atoms with Crippen LogP contribution in [0.15, 0.2) is 60.0 Å².